The second-order valence-corrected chi connectivity index (χ2v) is 4.64. The van der Waals surface area contributed by atoms with Gasteiger partial charge in [0.15, 0.2) is 5.60 Å². The van der Waals surface area contributed by atoms with Gasteiger partial charge in [-0.2, -0.15) is 0 Å². The number of nitrogens with one attached hydrogen (secondary N) is 1. The van der Waals surface area contributed by atoms with Gasteiger partial charge in [0, 0.05) is 6.42 Å². The Bertz CT molecular complexity index is 444. The number of aliphatic carboxylic acids is 1. The van der Waals surface area contributed by atoms with Crippen LogP contribution >= 0.6 is 0 Å². The first kappa shape index (κ1) is 16.1. The number of aliphatic hydroxyl groups is 1. The molecule has 0 fully saturated rings. The molecule has 0 saturated heterocycles. The van der Waals surface area contributed by atoms with Gasteiger partial charge in [-0.25, -0.2) is 4.79 Å². The summed E-state index contributed by atoms with van der Waals surface area (Å²) in [6.07, 6.45) is 0.114. The molecule has 6 nitrogen and oxygen atoms in total. The second kappa shape index (κ2) is 7.62. The molecule has 0 bridgehead atoms. The Morgan fingerprint density at radius 2 is 1.95 bits per heavy atom. The third kappa shape index (κ3) is 5.81. The van der Waals surface area contributed by atoms with Gasteiger partial charge in [-0.05, 0) is 12.5 Å². The van der Waals surface area contributed by atoms with Crippen LogP contribution in [0.1, 0.15) is 18.9 Å². The molecule has 0 aromatic heterocycles. The van der Waals surface area contributed by atoms with Gasteiger partial charge in [-0.3, -0.25) is 4.79 Å². The van der Waals surface area contributed by atoms with Crippen molar-refractivity contribution in [2.24, 2.45) is 0 Å². The highest BCUT2D eigenvalue weighted by molar-refractivity contribution is 5.80. The molecule has 110 valence electrons. The van der Waals surface area contributed by atoms with Crippen LogP contribution < -0.4 is 5.32 Å². The lowest BCUT2D eigenvalue weighted by Gasteiger charge is -2.18. The van der Waals surface area contributed by atoms with Crippen molar-refractivity contribution < 1.29 is 24.5 Å². The second-order valence-electron chi connectivity index (χ2n) is 4.64. The third-order valence-corrected chi connectivity index (χ3v) is 2.68. The molecule has 0 heterocycles. The fourth-order valence-corrected chi connectivity index (χ4v) is 1.36. The van der Waals surface area contributed by atoms with Crippen molar-refractivity contribution in [3.63, 3.8) is 0 Å². The maximum atomic E-state index is 11.4. The molecule has 0 aliphatic carbocycles. The van der Waals surface area contributed by atoms with Gasteiger partial charge in [0.25, 0.3) is 0 Å². The molecule has 1 aromatic carbocycles. The Morgan fingerprint density at radius 3 is 2.55 bits per heavy atom. The molecule has 20 heavy (non-hydrogen) atoms. The lowest BCUT2D eigenvalue weighted by molar-refractivity contribution is -0.156. The van der Waals surface area contributed by atoms with Crippen LogP contribution in [0.25, 0.3) is 0 Å². The highest BCUT2D eigenvalue weighted by Gasteiger charge is 2.30. The normalized spacial score (nSPS) is 13.5. The maximum absolute atomic E-state index is 11.4. The number of carboxylic acid groups (broad SMARTS) is 1. The molecule has 1 rings (SSSR count). The van der Waals surface area contributed by atoms with E-state index >= 15 is 0 Å². The van der Waals surface area contributed by atoms with E-state index < -0.39 is 11.6 Å². The Labute approximate surface area is 117 Å². The monoisotopic (exact) mass is 281 g/mol. The van der Waals surface area contributed by atoms with Gasteiger partial charge >= 0.3 is 5.97 Å². The Morgan fingerprint density at radius 1 is 1.30 bits per heavy atom. The topological polar surface area (TPSA) is 95.9 Å². The molecule has 3 N–H and O–H groups in total. The van der Waals surface area contributed by atoms with E-state index in [0.717, 1.165) is 12.5 Å². The van der Waals surface area contributed by atoms with Gasteiger partial charge in [0.05, 0.1) is 19.8 Å². The van der Waals surface area contributed by atoms with E-state index in [1.54, 1.807) is 0 Å². The van der Waals surface area contributed by atoms with E-state index in [9.17, 15) is 14.7 Å². The van der Waals surface area contributed by atoms with E-state index in [2.05, 4.69) is 5.32 Å². The van der Waals surface area contributed by atoms with E-state index in [4.69, 9.17) is 9.84 Å². The highest BCUT2D eigenvalue weighted by atomic mass is 16.5. The van der Waals surface area contributed by atoms with E-state index in [1.807, 2.05) is 30.3 Å². The highest BCUT2D eigenvalue weighted by Crippen LogP contribution is 2.02. The summed E-state index contributed by atoms with van der Waals surface area (Å²) in [4.78, 5) is 22.1. The van der Waals surface area contributed by atoms with Crippen molar-refractivity contribution in [3.05, 3.63) is 35.9 Å². The van der Waals surface area contributed by atoms with Gasteiger partial charge in [0.2, 0.25) is 5.91 Å². The quantitative estimate of drug-likeness (QED) is 0.605. The zero-order valence-electron chi connectivity index (χ0n) is 11.3. The minimum absolute atomic E-state index is 0.114. The molecular weight excluding hydrogens is 262 g/mol. The van der Waals surface area contributed by atoms with Crippen LogP contribution in [0.15, 0.2) is 30.3 Å². The number of carboxylic acids is 1. The Balaban J connectivity index is 2.16. The molecule has 0 radical (unpaired) electrons. The summed E-state index contributed by atoms with van der Waals surface area (Å²) in [7, 11) is 0. The van der Waals surface area contributed by atoms with Crippen molar-refractivity contribution in [2.45, 2.75) is 25.6 Å². The summed E-state index contributed by atoms with van der Waals surface area (Å²) in [5, 5.41) is 20.4. The van der Waals surface area contributed by atoms with Crippen molar-refractivity contribution >= 4 is 11.9 Å². The zero-order chi connectivity index (χ0) is 15.0. The standard InChI is InChI=1S/C14H19NO5/c1-14(19,13(17)18)10-15-12(16)7-8-20-9-11-5-3-2-4-6-11/h2-6,19H,7-10H2,1H3,(H,15,16)(H,17,18). The molecule has 0 spiro atoms. The largest absolute Gasteiger partial charge is 0.479 e. The number of rotatable bonds is 8. The maximum Gasteiger partial charge on any atom is 0.337 e. The van der Waals surface area contributed by atoms with Crippen molar-refractivity contribution in [1.29, 1.82) is 0 Å². The Hall–Kier alpha value is -1.92. The minimum atomic E-state index is -1.96. The fourth-order valence-electron chi connectivity index (χ4n) is 1.36. The van der Waals surface area contributed by atoms with E-state index in [-0.39, 0.29) is 25.5 Å². The van der Waals surface area contributed by atoms with Crippen molar-refractivity contribution in [3.8, 4) is 0 Å². The van der Waals surface area contributed by atoms with Crippen LogP contribution in [0.2, 0.25) is 0 Å². The third-order valence-electron chi connectivity index (χ3n) is 2.68. The van der Waals surface area contributed by atoms with E-state index in [1.165, 1.54) is 0 Å². The predicted molar refractivity (Wildman–Crippen MR) is 72.0 cm³/mol. The number of amides is 1. The van der Waals surface area contributed by atoms with E-state index in [0.29, 0.717) is 6.61 Å². The smallest absolute Gasteiger partial charge is 0.337 e. The molecule has 0 aliphatic rings. The lowest BCUT2D eigenvalue weighted by atomic mass is 10.1. The lowest BCUT2D eigenvalue weighted by Crippen LogP contribution is -2.46. The fraction of sp³-hybridized carbons (Fsp3) is 0.429. The van der Waals surface area contributed by atoms with Crippen LogP contribution in [0, 0.1) is 0 Å². The summed E-state index contributed by atoms with van der Waals surface area (Å²) in [6.45, 7) is 1.44. The summed E-state index contributed by atoms with van der Waals surface area (Å²) >= 11 is 0. The number of ether oxygens (including phenoxy) is 1. The summed E-state index contributed by atoms with van der Waals surface area (Å²) in [5.74, 6) is -1.74. The Kier molecular flexibility index (Phi) is 6.14. The zero-order valence-corrected chi connectivity index (χ0v) is 11.3. The summed E-state index contributed by atoms with van der Waals surface area (Å²) < 4.78 is 5.33. The van der Waals surface area contributed by atoms with Crippen LogP contribution in [0.4, 0.5) is 0 Å². The first-order valence-corrected chi connectivity index (χ1v) is 6.26. The number of benzene rings is 1. The van der Waals surface area contributed by atoms with Crippen LogP contribution in [-0.4, -0.2) is 40.8 Å². The molecule has 6 heteroatoms. The molecule has 0 aliphatic heterocycles. The first-order chi connectivity index (χ1) is 9.42. The SMILES string of the molecule is CC(O)(CNC(=O)CCOCc1ccccc1)C(=O)O. The van der Waals surface area contributed by atoms with Gasteiger partial charge in [0.1, 0.15) is 0 Å². The molecule has 1 amide bonds. The van der Waals surface area contributed by atoms with Crippen molar-refractivity contribution in [2.75, 3.05) is 13.2 Å². The summed E-state index contributed by atoms with van der Waals surface area (Å²) in [6, 6.07) is 9.55. The van der Waals surface area contributed by atoms with Crippen molar-refractivity contribution in [1.82, 2.24) is 5.32 Å². The number of hydrogen-bond donors (Lipinski definition) is 3. The molecule has 1 unspecified atom stereocenters. The predicted octanol–water partition coefficient (Wildman–Crippen LogP) is 0.545. The molecule has 0 saturated carbocycles. The average molecular weight is 281 g/mol. The number of hydrogen-bond acceptors (Lipinski definition) is 4. The van der Waals surface area contributed by atoms with Crippen LogP contribution in [0.5, 0.6) is 0 Å². The summed E-state index contributed by atoms with van der Waals surface area (Å²) in [5.41, 5.74) is -0.942. The van der Waals surface area contributed by atoms with Gasteiger partial charge < -0.3 is 20.3 Å². The number of carbonyl (C=O) groups is 2. The van der Waals surface area contributed by atoms with Gasteiger partial charge in [-0.15, -0.1) is 0 Å². The molecular formula is C14H19NO5. The van der Waals surface area contributed by atoms with Crippen LogP contribution in [-0.2, 0) is 20.9 Å². The average Bonchev–Trinajstić information content (AvgIpc) is 2.42. The van der Waals surface area contributed by atoms with Gasteiger partial charge in [-0.1, -0.05) is 30.3 Å². The molecule has 1 atom stereocenters. The van der Waals surface area contributed by atoms with Crippen LogP contribution in [0.3, 0.4) is 0 Å². The number of carbonyl (C=O) groups excluding carboxylic acids is 1. The first-order valence-electron chi connectivity index (χ1n) is 6.26. The minimum Gasteiger partial charge on any atom is -0.479 e. The molecule has 1 aromatic rings.